The van der Waals surface area contributed by atoms with E-state index in [1.165, 1.54) is 23.9 Å². The molecule has 0 bridgehead atoms. The normalized spacial score (nSPS) is 29.0. The highest BCUT2D eigenvalue weighted by Gasteiger charge is 2.42. The van der Waals surface area contributed by atoms with Crippen LogP contribution >= 0.6 is 6.89 Å². The summed E-state index contributed by atoms with van der Waals surface area (Å²) in [7, 11) is 1.43. The molecule has 7 heteroatoms. The zero-order valence-electron chi connectivity index (χ0n) is 13.6. The molecule has 1 aliphatic heterocycles. The second kappa shape index (κ2) is 6.19. The molecule has 0 spiro atoms. The summed E-state index contributed by atoms with van der Waals surface area (Å²) in [5, 5.41) is 10.4. The predicted octanol–water partition coefficient (Wildman–Crippen LogP) is 0.541. The summed E-state index contributed by atoms with van der Waals surface area (Å²) in [5.74, 6) is -0.216. The van der Waals surface area contributed by atoms with Crippen molar-refractivity contribution in [3.63, 3.8) is 0 Å². The maximum atomic E-state index is 12.2. The van der Waals surface area contributed by atoms with Gasteiger partial charge in [0, 0.05) is 25.2 Å². The molecule has 2 heterocycles. The van der Waals surface area contributed by atoms with Crippen molar-refractivity contribution >= 4 is 13.2 Å². The molecular weight excluding hydrogens is 303 g/mol. The summed E-state index contributed by atoms with van der Waals surface area (Å²) >= 11 is 0. The first-order chi connectivity index (χ1) is 10.1. The Morgan fingerprint density at radius 2 is 2.05 bits per heavy atom. The number of hydrogen-bond acceptors (Lipinski definition) is 4. The van der Waals surface area contributed by atoms with Crippen LogP contribution in [0.15, 0.2) is 21.9 Å². The molecule has 1 fully saturated rings. The molecule has 22 heavy (non-hydrogen) atoms. The van der Waals surface area contributed by atoms with Crippen LogP contribution < -0.4 is 11.2 Å². The number of nitrogens with zero attached hydrogens (tertiary/aromatic N) is 2. The number of hydrogen-bond donors (Lipinski definition) is 1. The van der Waals surface area contributed by atoms with Crippen LogP contribution in [0.5, 0.6) is 0 Å². The monoisotopic (exact) mass is 328 g/mol. The molecule has 1 aromatic rings. The second-order valence-corrected chi connectivity index (χ2v) is 11.1. The van der Waals surface area contributed by atoms with Crippen molar-refractivity contribution in [3.8, 4) is 0 Å². The van der Waals surface area contributed by atoms with E-state index in [9.17, 15) is 14.7 Å². The molecular formula is C15H25N2O4P. The Morgan fingerprint density at radius 3 is 2.64 bits per heavy atom. The van der Waals surface area contributed by atoms with Crippen molar-refractivity contribution in [1.29, 1.82) is 0 Å². The molecule has 124 valence electrons. The van der Waals surface area contributed by atoms with Gasteiger partial charge in [0.05, 0.1) is 12.2 Å². The van der Waals surface area contributed by atoms with Crippen LogP contribution in [-0.4, -0.2) is 52.2 Å². The van der Waals surface area contributed by atoms with Crippen molar-refractivity contribution in [2.75, 3.05) is 19.5 Å². The van der Waals surface area contributed by atoms with Crippen LogP contribution in [0.2, 0.25) is 0 Å². The Balaban J connectivity index is 2.24. The zero-order valence-corrected chi connectivity index (χ0v) is 14.5. The van der Waals surface area contributed by atoms with E-state index in [2.05, 4.69) is 19.6 Å². The predicted molar refractivity (Wildman–Crippen MR) is 90.4 cm³/mol. The maximum absolute atomic E-state index is 12.2. The van der Waals surface area contributed by atoms with Crippen molar-refractivity contribution < 1.29 is 9.84 Å². The quantitative estimate of drug-likeness (QED) is 0.819. The van der Waals surface area contributed by atoms with Gasteiger partial charge in [0.2, 0.25) is 0 Å². The summed E-state index contributed by atoms with van der Waals surface area (Å²) in [6.45, 7) is 4.96. The van der Waals surface area contributed by atoms with Crippen LogP contribution in [0.4, 0.5) is 0 Å². The Morgan fingerprint density at radius 1 is 1.41 bits per heavy atom. The lowest BCUT2D eigenvalue weighted by molar-refractivity contribution is -0.0250. The Kier molecular flexibility index (Phi) is 4.85. The van der Waals surface area contributed by atoms with Crippen LogP contribution in [-0.2, 0) is 11.8 Å². The molecule has 1 N–H and O–H groups in total. The Hall–Kier alpha value is -1.10. The van der Waals surface area contributed by atoms with E-state index < -0.39 is 24.9 Å². The summed E-state index contributed by atoms with van der Waals surface area (Å²) < 4.78 is 8.36. The molecule has 0 amide bonds. The molecule has 0 aromatic carbocycles. The van der Waals surface area contributed by atoms with E-state index in [0.717, 1.165) is 17.1 Å². The number of aromatic nitrogens is 2. The first-order valence-corrected chi connectivity index (χ1v) is 10.5. The molecule has 0 saturated carbocycles. The highest BCUT2D eigenvalue weighted by atomic mass is 31.2. The molecule has 0 unspecified atom stereocenters. The number of ether oxygens (including phenoxy) is 1. The fourth-order valence-corrected chi connectivity index (χ4v) is 3.66. The van der Waals surface area contributed by atoms with Crippen LogP contribution in [0.25, 0.3) is 0 Å². The minimum atomic E-state index is -1.19. The summed E-state index contributed by atoms with van der Waals surface area (Å²) in [5.41, 5.74) is -0.783. The fraction of sp³-hybridized carbons (Fsp3) is 0.667. The summed E-state index contributed by atoms with van der Waals surface area (Å²) in [6.07, 6.45) is 5.79. The van der Waals surface area contributed by atoms with Crippen LogP contribution in [0.1, 0.15) is 19.6 Å². The second-order valence-electron chi connectivity index (χ2n) is 6.77. The minimum Gasteiger partial charge on any atom is -0.390 e. The van der Waals surface area contributed by atoms with Gasteiger partial charge in [-0.05, 0) is 25.9 Å². The highest BCUT2D eigenvalue weighted by Crippen LogP contribution is 2.40. The van der Waals surface area contributed by atoms with Crippen LogP contribution in [0, 0.1) is 5.92 Å². The molecule has 1 saturated heterocycles. The van der Waals surface area contributed by atoms with E-state index >= 15 is 0 Å². The zero-order chi connectivity index (χ0) is 16.7. The van der Waals surface area contributed by atoms with Gasteiger partial charge >= 0.3 is 5.69 Å². The average molecular weight is 328 g/mol. The van der Waals surface area contributed by atoms with Gasteiger partial charge in [-0.25, -0.2) is 4.79 Å². The topological polar surface area (TPSA) is 73.5 Å². The standard InChI is InChI=1S/C15H25N2O4P/c1-10-13(19)11(7-9-22(3,4)5)21-14(10)17-8-6-12(18)16(2)15(17)20/h6,8,10-11,13-14,19H,3,7,9H2,1-2,4-5H3/t10-,11-,13+,14-/m1/s1. The molecule has 2 rings (SSSR count). The fourth-order valence-electron chi connectivity index (χ4n) is 2.71. The molecule has 1 aliphatic rings. The van der Waals surface area contributed by atoms with E-state index in [1.54, 1.807) is 0 Å². The van der Waals surface area contributed by atoms with E-state index in [-0.39, 0.29) is 17.6 Å². The van der Waals surface area contributed by atoms with Gasteiger partial charge < -0.3 is 9.84 Å². The molecule has 1 aromatic heterocycles. The van der Waals surface area contributed by atoms with Crippen molar-refractivity contribution in [2.24, 2.45) is 13.0 Å². The van der Waals surface area contributed by atoms with Gasteiger partial charge in [0.25, 0.3) is 5.56 Å². The van der Waals surface area contributed by atoms with Gasteiger partial charge in [-0.3, -0.25) is 13.9 Å². The minimum absolute atomic E-state index is 0.216. The summed E-state index contributed by atoms with van der Waals surface area (Å²) in [4.78, 5) is 23.7. The van der Waals surface area contributed by atoms with E-state index in [4.69, 9.17) is 4.74 Å². The Bertz CT molecular complexity index is 702. The lowest BCUT2D eigenvalue weighted by atomic mass is 10.0. The largest absolute Gasteiger partial charge is 0.390 e. The SMILES string of the molecule is C=P(C)(C)CC[C@H]1O[C@@H](n2ccc(=O)n(C)c2=O)[C@H](C)[C@@H]1O. The van der Waals surface area contributed by atoms with Gasteiger partial charge in [0.15, 0.2) is 0 Å². The average Bonchev–Trinajstić information content (AvgIpc) is 2.70. The van der Waals surface area contributed by atoms with Gasteiger partial charge in [-0.1, -0.05) is 6.92 Å². The summed E-state index contributed by atoms with van der Waals surface area (Å²) in [6, 6.07) is 1.34. The third-order valence-electron chi connectivity index (χ3n) is 4.19. The smallest absolute Gasteiger partial charge is 0.332 e. The van der Waals surface area contributed by atoms with E-state index in [0.29, 0.717) is 0 Å². The number of aliphatic hydroxyl groups excluding tert-OH is 1. The number of aliphatic hydroxyl groups is 1. The Labute approximate surface area is 130 Å². The first kappa shape index (κ1) is 17.3. The first-order valence-electron chi connectivity index (χ1n) is 7.41. The van der Waals surface area contributed by atoms with Gasteiger partial charge in [0.1, 0.15) is 6.23 Å². The lowest BCUT2D eigenvalue weighted by Crippen LogP contribution is -2.39. The third kappa shape index (κ3) is 3.45. The molecule has 0 radical (unpaired) electrons. The van der Waals surface area contributed by atoms with Crippen molar-refractivity contribution in [2.45, 2.75) is 31.8 Å². The molecule has 6 nitrogen and oxygen atoms in total. The van der Waals surface area contributed by atoms with Crippen molar-refractivity contribution in [3.05, 3.63) is 33.1 Å². The van der Waals surface area contributed by atoms with E-state index in [1.807, 2.05) is 6.92 Å². The maximum Gasteiger partial charge on any atom is 0.332 e. The van der Waals surface area contributed by atoms with Crippen LogP contribution in [0.3, 0.4) is 0 Å². The van der Waals surface area contributed by atoms with Gasteiger partial charge in [-0.15, -0.1) is 13.2 Å². The number of rotatable bonds is 4. The van der Waals surface area contributed by atoms with Crippen molar-refractivity contribution in [1.82, 2.24) is 9.13 Å². The molecule has 4 atom stereocenters. The van der Waals surface area contributed by atoms with Gasteiger partial charge in [-0.2, -0.15) is 0 Å². The molecule has 0 aliphatic carbocycles. The highest BCUT2D eigenvalue weighted by molar-refractivity contribution is 7.72. The lowest BCUT2D eigenvalue weighted by Gasteiger charge is -2.19. The third-order valence-corrected chi connectivity index (χ3v) is 5.66.